The molecule has 0 saturated heterocycles. The van der Waals surface area contributed by atoms with E-state index in [1.54, 1.807) is 7.11 Å². The van der Waals surface area contributed by atoms with Crippen molar-refractivity contribution in [2.75, 3.05) is 19.0 Å². The summed E-state index contributed by atoms with van der Waals surface area (Å²) in [5.74, 6) is 0.759. The Labute approximate surface area is 118 Å². The average Bonchev–Trinajstić information content (AvgIpc) is 2.44. The van der Waals surface area contributed by atoms with Crippen LogP contribution in [0.4, 0.5) is 5.69 Å². The minimum atomic E-state index is 0.699. The number of nitrogens with zero attached hydrogens (tertiary/aromatic N) is 1. The first-order valence-electron chi connectivity index (χ1n) is 6.61. The number of rotatable bonds is 5. The molecule has 102 valence electrons. The molecule has 2 aromatic rings. The first-order valence-corrected chi connectivity index (χ1v) is 6.99. The van der Waals surface area contributed by atoms with Crippen molar-refractivity contribution in [2.45, 2.75) is 26.7 Å². The van der Waals surface area contributed by atoms with E-state index < -0.39 is 0 Å². The van der Waals surface area contributed by atoms with Gasteiger partial charge in [-0.25, -0.2) is 4.98 Å². The van der Waals surface area contributed by atoms with Gasteiger partial charge in [-0.2, -0.15) is 0 Å². The molecule has 0 bridgehead atoms. The molecule has 0 aliphatic carbocycles. The van der Waals surface area contributed by atoms with Gasteiger partial charge < -0.3 is 10.1 Å². The third-order valence-electron chi connectivity index (χ3n) is 3.07. The molecule has 19 heavy (non-hydrogen) atoms. The number of anilines is 1. The van der Waals surface area contributed by atoms with Crippen molar-refractivity contribution < 1.29 is 4.74 Å². The van der Waals surface area contributed by atoms with Crippen LogP contribution >= 0.6 is 11.6 Å². The Morgan fingerprint density at radius 1 is 1.32 bits per heavy atom. The fraction of sp³-hybridized carbons (Fsp3) is 0.400. The van der Waals surface area contributed by atoms with Crippen molar-refractivity contribution in [3.05, 3.63) is 28.9 Å². The maximum atomic E-state index is 6.33. The van der Waals surface area contributed by atoms with E-state index in [1.165, 1.54) is 0 Å². The lowest BCUT2D eigenvalue weighted by Crippen LogP contribution is -2.03. The molecule has 1 aromatic heterocycles. The second-order valence-corrected chi connectivity index (χ2v) is 4.82. The maximum Gasteiger partial charge on any atom is 0.145 e. The monoisotopic (exact) mass is 278 g/mol. The van der Waals surface area contributed by atoms with Gasteiger partial charge in [0.1, 0.15) is 11.3 Å². The van der Waals surface area contributed by atoms with Gasteiger partial charge in [0, 0.05) is 23.3 Å². The van der Waals surface area contributed by atoms with Crippen LogP contribution in [-0.4, -0.2) is 18.6 Å². The molecule has 1 N–H and O–H groups in total. The molecule has 1 heterocycles. The zero-order valence-corrected chi connectivity index (χ0v) is 12.3. The largest absolute Gasteiger partial charge is 0.494 e. The predicted molar refractivity (Wildman–Crippen MR) is 81.5 cm³/mol. The molecule has 2 rings (SSSR count). The summed E-state index contributed by atoms with van der Waals surface area (Å²) >= 11 is 6.33. The van der Waals surface area contributed by atoms with E-state index in [2.05, 4.69) is 30.2 Å². The van der Waals surface area contributed by atoms with E-state index in [4.69, 9.17) is 16.3 Å². The van der Waals surface area contributed by atoms with Crippen molar-refractivity contribution >= 4 is 28.2 Å². The number of methoxy groups -OCH3 is 1. The quantitative estimate of drug-likeness (QED) is 0.886. The molecule has 0 saturated carbocycles. The standard InChI is InChI=1S/C15H19ClN2O/c1-4-8-17-12-9-10(5-2)18-15-13(19-3)7-6-11(16)14(12)15/h6-7,9H,4-5,8H2,1-3H3,(H,17,18). The number of pyridine rings is 1. The number of hydrogen-bond acceptors (Lipinski definition) is 3. The number of nitrogens with one attached hydrogen (secondary N) is 1. The van der Waals surface area contributed by atoms with Gasteiger partial charge >= 0.3 is 0 Å². The molecule has 0 aliphatic rings. The summed E-state index contributed by atoms with van der Waals surface area (Å²) in [4.78, 5) is 4.64. The van der Waals surface area contributed by atoms with Crippen LogP contribution in [0.2, 0.25) is 5.02 Å². The molecular formula is C15H19ClN2O. The van der Waals surface area contributed by atoms with Gasteiger partial charge in [-0.1, -0.05) is 25.4 Å². The lowest BCUT2D eigenvalue weighted by Gasteiger charge is -2.14. The topological polar surface area (TPSA) is 34.2 Å². The average molecular weight is 279 g/mol. The summed E-state index contributed by atoms with van der Waals surface area (Å²) in [6.07, 6.45) is 1.94. The third-order valence-corrected chi connectivity index (χ3v) is 3.39. The van der Waals surface area contributed by atoms with Gasteiger partial charge in [-0.05, 0) is 31.0 Å². The number of halogens is 1. The van der Waals surface area contributed by atoms with Gasteiger partial charge in [0.25, 0.3) is 0 Å². The molecule has 0 unspecified atom stereocenters. The first kappa shape index (κ1) is 13.9. The summed E-state index contributed by atoms with van der Waals surface area (Å²) in [6.45, 7) is 5.14. The van der Waals surface area contributed by atoms with Crippen molar-refractivity contribution in [1.29, 1.82) is 0 Å². The molecule has 3 nitrogen and oxygen atoms in total. The first-order chi connectivity index (χ1) is 9.21. The van der Waals surface area contributed by atoms with E-state index in [0.29, 0.717) is 5.02 Å². The maximum absolute atomic E-state index is 6.33. The number of aromatic nitrogens is 1. The molecule has 0 atom stereocenters. The van der Waals surface area contributed by atoms with Gasteiger partial charge in [0.05, 0.1) is 12.1 Å². The number of ether oxygens (including phenoxy) is 1. The van der Waals surface area contributed by atoms with Crippen LogP contribution in [0.5, 0.6) is 5.75 Å². The highest BCUT2D eigenvalue weighted by atomic mass is 35.5. The number of hydrogen-bond donors (Lipinski definition) is 1. The van der Waals surface area contributed by atoms with Crippen LogP contribution in [0, 0.1) is 0 Å². The summed E-state index contributed by atoms with van der Waals surface area (Å²) in [5, 5.41) is 5.06. The van der Waals surface area contributed by atoms with Crippen molar-refractivity contribution in [3.8, 4) is 5.75 Å². The molecule has 0 spiro atoms. The predicted octanol–water partition coefficient (Wildman–Crippen LogP) is 4.28. The molecular weight excluding hydrogens is 260 g/mol. The van der Waals surface area contributed by atoms with Crippen LogP contribution in [0.1, 0.15) is 26.0 Å². The van der Waals surface area contributed by atoms with Crippen LogP contribution < -0.4 is 10.1 Å². The normalized spacial score (nSPS) is 10.7. The Kier molecular flexibility index (Phi) is 4.48. The Balaban J connectivity index is 2.70. The van der Waals surface area contributed by atoms with E-state index in [9.17, 15) is 0 Å². The second-order valence-electron chi connectivity index (χ2n) is 4.41. The fourth-order valence-corrected chi connectivity index (χ4v) is 2.33. The smallest absolute Gasteiger partial charge is 0.145 e. The molecule has 0 radical (unpaired) electrons. The van der Waals surface area contributed by atoms with Crippen LogP contribution in [0.25, 0.3) is 10.9 Å². The third kappa shape index (κ3) is 2.76. The Bertz CT molecular complexity index is 584. The molecule has 4 heteroatoms. The van der Waals surface area contributed by atoms with Crippen LogP contribution in [0.3, 0.4) is 0 Å². The Morgan fingerprint density at radius 2 is 2.11 bits per heavy atom. The molecule has 0 aliphatic heterocycles. The highest BCUT2D eigenvalue weighted by Crippen LogP contribution is 2.35. The molecule has 0 amide bonds. The van der Waals surface area contributed by atoms with Crippen molar-refractivity contribution in [2.24, 2.45) is 0 Å². The lowest BCUT2D eigenvalue weighted by atomic mass is 10.1. The molecule has 1 aromatic carbocycles. The van der Waals surface area contributed by atoms with E-state index in [-0.39, 0.29) is 0 Å². The minimum Gasteiger partial charge on any atom is -0.494 e. The summed E-state index contributed by atoms with van der Waals surface area (Å²) in [5.41, 5.74) is 2.90. The Morgan fingerprint density at radius 3 is 2.74 bits per heavy atom. The highest BCUT2D eigenvalue weighted by Gasteiger charge is 2.12. The highest BCUT2D eigenvalue weighted by molar-refractivity contribution is 6.36. The van der Waals surface area contributed by atoms with E-state index >= 15 is 0 Å². The van der Waals surface area contributed by atoms with Gasteiger partial charge in [0.2, 0.25) is 0 Å². The van der Waals surface area contributed by atoms with Crippen molar-refractivity contribution in [1.82, 2.24) is 4.98 Å². The second kappa shape index (κ2) is 6.11. The zero-order valence-electron chi connectivity index (χ0n) is 11.6. The fourth-order valence-electron chi connectivity index (χ4n) is 2.07. The van der Waals surface area contributed by atoms with E-state index in [1.807, 2.05) is 12.1 Å². The SMILES string of the molecule is CCCNc1cc(CC)nc2c(OC)ccc(Cl)c12. The van der Waals surface area contributed by atoms with Crippen LogP contribution in [0.15, 0.2) is 18.2 Å². The number of aryl methyl sites for hydroxylation is 1. The van der Waals surface area contributed by atoms with Gasteiger partial charge in [-0.15, -0.1) is 0 Å². The van der Waals surface area contributed by atoms with Crippen LogP contribution in [-0.2, 0) is 6.42 Å². The molecule has 0 fully saturated rings. The lowest BCUT2D eigenvalue weighted by molar-refractivity contribution is 0.419. The summed E-state index contributed by atoms with van der Waals surface area (Å²) in [6, 6.07) is 5.79. The van der Waals surface area contributed by atoms with Crippen molar-refractivity contribution in [3.63, 3.8) is 0 Å². The van der Waals surface area contributed by atoms with E-state index in [0.717, 1.165) is 47.4 Å². The summed E-state index contributed by atoms with van der Waals surface area (Å²) < 4.78 is 5.39. The zero-order chi connectivity index (χ0) is 13.8. The number of fused-ring (bicyclic) bond motifs is 1. The minimum absolute atomic E-state index is 0.699. The van der Waals surface area contributed by atoms with Gasteiger partial charge in [0.15, 0.2) is 0 Å². The summed E-state index contributed by atoms with van der Waals surface area (Å²) in [7, 11) is 1.65. The van der Waals surface area contributed by atoms with Gasteiger partial charge in [-0.3, -0.25) is 0 Å². The number of benzene rings is 1. The Hall–Kier alpha value is -1.48.